The van der Waals surface area contributed by atoms with Crippen LogP contribution in [0, 0.1) is 0 Å². The third-order valence-corrected chi connectivity index (χ3v) is 3.24. The number of rotatable bonds is 7. The van der Waals surface area contributed by atoms with E-state index in [1.807, 2.05) is 30.3 Å². The van der Waals surface area contributed by atoms with Gasteiger partial charge in [0.15, 0.2) is 0 Å². The highest BCUT2D eigenvalue weighted by Crippen LogP contribution is 2.20. The van der Waals surface area contributed by atoms with E-state index in [0.29, 0.717) is 12.4 Å². The van der Waals surface area contributed by atoms with Crippen LogP contribution in [-0.4, -0.2) is 36.3 Å². The van der Waals surface area contributed by atoms with Crippen molar-refractivity contribution in [3.8, 4) is 0 Å². The number of ether oxygens (including phenoxy) is 1. The first-order chi connectivity index (χ1) is 7.75. The molecule has 88 valence electrons. The second kappa shape index (κ2) is 7.30. The summed E-state index contributed by atoms with van der Waals surface area (Å²) >= 11 is 1.60. The molecule has 1 unspecified atom stereocenters. The van der Waals surface area contributed by atoms with Gasteiger partial charge in [0.25, 0.3) is 0 Å². The molecule has 0 fully saturated rings. The Bertz CT molecular complexity index is 313. The molecule has 0 bridgehead atoms. The van der Waals surface area contributed by atoms with Crippen molar-refractivity contribution in [3.63, 3.8) is 0 Å². The van der Waals surface area contributed by atoms with E-state index in [0.717, 1.165) is 11.3 Å². The number of methoxy groups -OCH3 is 1. The first kappa shape index (κ1) is 13.1. The van der Waals surface area contributed by atoms with E-state index in [1.54, 1.807) is 18.9 Å². The number of aliphatic carboxylic acids is 1. The maximum absolute atomic E-state index is 11.1. The lowest BCUT2D eigenvalue weighted by Crippen LogP contribution is -2.14. The summed E-state index contributed by atoms with van der Waals surface area (Å²) in [5.74, 6) is 0.217. The molecule has 0 heterocycles. The fourth-order valence-corrected chi connectivity index (χ4v) is 2.36. The maximum Gasteiger partial charge on any atom is 0.311 e. The standard InChI is InChI=1S/C12H16O3S/c1-15-7-8-16-9-11(12(13)14)10-5-3-2-4-6-10/h2-6,11H,7-9H2,1H3,(H,13,14). The molecular formula is C12H16O3S. The minimum absolute atomic E-state index is 0.428. The summed E-state index contributed by atoms with van der Waals surface area (Å²) in [6.45, 7) is 0.659. The largest absolute Gasteiger partial charge is 0.481 e. The summed E-state index contributed by atoms with van der Waals surface area (Å²) in [6.07, 6.45) is 0. The SMILES string of the molecule is COCCSCC(C(=O)O)c1ccccc1. The zero-order valence-corrected chi connectivity index (χ0v) is 10.1. The van der Waals surface area contributed by atoms with Crippen LogP contribution in [0.2, 0.25) is 0 Å². The molecule has 0 saturated heterocycles. The molecule has 1 N–H and O–H groups in total. The minimum atomic E-state index is -0.767. The molecule has 0 aliphatic rings. The highest BCUT2D eigenvalue weighted by molar-refractivity contribution is 7.99. The lowest BCUT2D eigenvalue weighted by atomic mass is 10.0. The summed E-state index contributed by atoms with van der Waals surface area (Å²) in [5.41, 5.74) is 0.861. The van der Waals surface area contributed by atoms with Crippen LogP contribution < -0.4 is 0 Å². The van der Waals surface area contributed by atoms with Crippen LogP contribution in [0.25, 0.3) is 0 Å². The summed E-state index contributed by atoms with van der Waals surface area (Å²) in [6, 6.07) is 9.34. The third kappa shape index (κ3) is 4.24. The molecule has 16 heavy (non-hydrogen) atoms. The van der Waals surface area contributed by atoms with Crippen LogP contribution in [0.3, 0.4) is 0 Å². The van der Waals surface area contributed by atoms with E-state index in [-0.39, 0.29) is 0 Å². The van der Waals surface area contributed by atoms with Gasteiger partial charge in [0.05, 0.1) is 12.5 Å². The average molecular weight is 240 g/mol. The van der Waals surface area contributed by atoms with Crippen LogP contribution in [0.1, 0.15) is 11.5 Å². The van der Waals surface area contributed by atoms with Crippen molar-refractivity contribution < 1.29 is 14.6 Å². The zero-order valence-electron chi connectivity index (χ0n) is 9.26. The van der Waals surface area contributed by atoms with Crippen molar-refractivity contribution in [3.05, 3.63) is 35.9 Å². The van der Waals surface area contributed by atoms with Gasteiger partial charge in [-0.05, 0) is 5.56 Å². The maximum atomic E-state index is 11.1. The summed E-state index contributed by atoms with van der Waals surface area (Å²) in [5, 5.41) is 9.14. The Hall–Kier alpha value is -1.00. The van der Waals surface area contributed by atoms with Gasteiger partial charge in [-0.3, -0.25) is 4.79 Å². The van der Waals surface area contributed by atoms with E-state index >= 15 is 0 Å². The van der Waals surface area contributed by atoms with Gasteiger partial charge in [-0.2, -0.15) is 11.8 Å². The molecule has 0 spiro atoms. The Morgan fingerprint density at radius 1 is 1.44 bits per heavy atom. The Morgan fingerprint density at radius 2 is 2.12 bits per heavy atom. The second-order valence-corrected chi connectivity index (χ2v) is 4.52. The van der Waals surface area contributed by atoms with Crippen molar-refractivity contribution in [2.24, 2.45) is 0 Å². The number of thioether (sulfide) groups is 1. The quantitative estimate of drug-likeness (QED) is 0.742. The Kier molecular flexibility index (Phi) is 5.96. The fraction of sp³-hybridized carbons (Fsp3) is 0.417. The predicted octanol–water partition coefficient (Wildman–Crippen LogP) is 2.23. The molecule has 0 aliphatic carbocycles. The van der Waals surface area contributed by atoms with Crippen LogP contribution in [-0.2, 0) is 9.53 Å². The van der Waals surface area contributed by atoms with Crippen LogP contribution in [0.4, 0.5) is 0 Å². The number of benzene rings is 1. The molecule has 0 aromatic heterocycles. The van der Waals surface area contributed by atoms with Crippen molar-refractivity contribution in [1.29, 1.82) is 0 Å². The van der Waals surface area contributed by atoms with Gasteiger partial charge in [-0.1, -0.05) is 30.3 Å². The van der Waals surface area contributed by atoms with E-state index in [1.165, 1.54) is 0 Å². The Morgan fingerprint density at radius 3 is 2.69 bits per heavy atom. The smallest absolute Gasteiger partial charge is 0.311 e. The minimum Gasteiger partial charge on any atom is -0.481 e. The normalized spacial score (nSPS) is 12.3. The van der Waals surface area contributed by atoms with Crippen LogP contribution in [0.15, 0.2) is 30.3 Å². The Balaban J connectivity index is 2.52. The van der Waals surface area contributed by atoms with Gasteiger partial charge in [-0.15, -0.1) is 0 Å². The van der Waals surface area contributed by atoms with Gasteiger partial charge in [0.1, 0.15) is 0 Å². The highest BCUT2D eigenvalue weighted by Gasteiger charge is 2.18. The molecule has 1 rings (SSSR count). The van der Waals surface area contributed by atoms with Crippen LogP contribution >= 0.6 is 11.8 Å². The molecule has 0 radical (unpaired) electrons. The van der Waals surface area contributed by atoms with Crippen molar-refractivity contribution in [1.82, 2.24) is 0 Å². The van der Waals surface area contributed by atoms with Crippen molar-refractivity contribution >= 4 is 17.7 Å². The molecule has 3 nitrogen and oxygen atoms in total. The molecule has 0 aliphatic heterocycles. The Labute approximate surface area is 99.8 Å². The molecule has 0 saturated carbocycles. The summed E-state index contributed by atoms with van der Waals surface area (Å²) < 4.78 is 4.92. The number of carboxylic acid groups (broad SMARTS) is 1. The molecule has 1 aromatic carbocycles. The van der Waals surface area contributed by atoms with E-state index in [2.05, 4.69) is 0 Å². The third-order valence-electron chi connectivity index (χ3n) is 2.22. The molecular weight excluding hydrogens is 224 g/mol. The van der Waals surface area contributed by atoms with Gasteiger partial charge < -0.3 is 9.84 Å². The number of carboxylic acids is 1. The lowest BCUT2D eigenvalue weighted by Gasteiger charge is -2.11. The number of hydrogen-bond donors (Lipinski definition) is 1. The lowest BCUT2D eigenvalue weighted by molar-refractivity contribution is -0.138. The summed E-state index contributed by atoms with van der Waals surface area (Å²) in [7, 11) is 1.65. The molecule has 4 heteroatoms. The van der Waals surface area contributed by atoms with Crippen molar-refractivity contribution in [2.45, 2.75) is 5.92 Å². The summed E-state index contributed by atoms with van der Waals surface area (Å²) in [4.78, 5) is 11.1. The monoisotopic (exact) mass is 240 g/mol. The second-order valence-electron chi connectivity index (χ2n) is 3.37. The molecule has 1 aromatic rings. The predicted molar refractivity (Wildman–Crippen MR) is 66.0 cm³/mol. The van der Waals surface area contributed by atoms with E-state index in [9.17, 15) is 4.79 Å². The number of hydrogen-bond acceptors (Lipinski definition) is 3. The molecule has 1 atom stereocenters. The van der Waals surface area contributed by atoms with Gasteiger partial charge in [0.2, 0.25) is 0 Å². The van der Waals surface area contributed by atoms with Gasteiger partial charge in [-0.25, -0.2) is 0 Å². The van der Waals surface area contributed by atoms with E-state index < -0.39 is 11.9 Å². The molecule has 0 amide bonds. The average Bonchev–Trinajstić information content (AvgIpc) is 2.30. The van der Waals surface area contributed by atoms with Gasteiger partial charge >= 0.3 is 5.97 Å². The van der Waals surface area contributed by atoms with E-state index in [4.69, 9.17) is 9.84 Å². The topological polar surface area (TPSA) is 46.5 Å². The first-order valence-electron chi connectivity index (χ1n) is 5.10. The van der Waals surface area contributed by atoms with Gasteiger partial charge in [0, 0.05) is 18.6 Å². The zero-order chi connectivity index (χ0) is 11.8. The fourth-order valence-electron chi connectivity index (χ4n) is 1.34. The van der Waals surface area contributed by atoms with Crippen LogP contribution in [0.5, 0.6) is 0 Å². The number of carbonyl (C=O) groups is 1. The van der Waals surface area contributed by atoms with Crippen molar-refractivity contribution in [2.75, 3.05) is 25.2 Å². The first-order valence-corrected chi connectivity index (χ1v) is 6.25. The highest BCUT2D eigenvalue weighted by atomic mass is 32.2.